The van der Waals surface area contributed by atoms with E-state index in [-0.39, 0.29) is 6.10 Å². The lowest BCUT2D eigenvalue weighted by Crippen LogP contribution is -2.31. The number of aryl methyl sites for hydroxylation is 1. The number of aliphatic hydroxyl groups is 1. The zero-order valence-electron chi connectivity index (χ0n) is 13.0. The molecule has 0 saturated carbocycles. The summed E-state index contributed by atoms with van der Waals surface area (Å²) in [5, 5.41) is 15.6. The minimum atomic E-state index is -0.304. The van der Waals surface area contributed by atoms with Gasteiger partial charge in [-0.3, -0.25) is 0 Å². The number of halogens is 1. The summed E-state index contributed by atoms with van der Waals surface area (Å²) in [6.45, 7) is 6.82. The molecule has 1 unspecified atom stereocenters. The van der Waals surface area contributed by atoms with Gasteiger partial charge in [0.15, 0.2) is 0 Å². The van der Waals surface area contributed by atoms with Crippen LogP contribution in [0.3, 0.4) is 0 Å². The van der Waals surface area contributed by atoms with E-state index in [9.17, 15) is 0 Å². The van der Waals surface area contributed by atoms with E-state index < -0.39 is 0 Å². The Morgan fingerprint density at radius 1 is 1.18 bits per heavy atom. The molecule has 120 valence electrons. The first kappa shape index (κ1) is 17.2. The Morgan fingerprint density at radius 3 is 2.68 bits per heavy atom. The molecule has 1 aromatic carbocycles. The first-order chi connectivity index (χ1) is 10.6. The zero-order chi connectivity index (χ0) is 15.9. The van der Waals surface area contributed by atoms with Gasteiger partial charge in [0.2, 0.25) is 0 Å². The summed E-state index contributed by atoms with van der Waals surface area (Å²) in [4.78, 5) is 0. The number of furan rings is 1. The van der Waals surface area contributed by atoms with E-state index in [1.165, 1.54) is 5.56 Å². The van der Waals surface area contributed by atoms with Crippen LogP contribution in [0.1, 0.15) is 18.2 Å². The molecule has 1 atom stereocenters. The molecule has 1 heterocycles. The summed E-state index contributed by atoms with van der Waals surface area (Å²) in [5.41, 5.74) is 2.28. The lowest BCUT2D eigenvalue weighted by atomic mass is 10.1. The van der Waals surface area contributed by atoms with Crippen molar-refractivity contribution in [1.82, 2.24) is 10.6 Å². The molecule has 0 aliphatic carbocycles. The quantitative estimate of drug-likeness (QED) is 0.628. The third-order valence-electron chi connectivity index (χ3n) is 3.32. The average Bonchev–Trinajstić information content (AvgIpc) is 2.94. The maximum atomic E-state index is 9.13. The molecule has 0 spiro atoms. The van der Waals surface area contributed by atoms with Crippen molar-refractivity contribution < 1.29 is 9.52 Å². The molecule has 5 heteroatoms. The number of rotatable bonds is 8. The molecule has 0 amide bonds. The third-order valence-corrected chi connectivity index (χ3v) is 4.21. The van der Waals surface area contributed by atoms with Gasteiger partial charge in [-0.25, -0.2) is 0 Å². The number of aliphatic hydroxyl groups excluding tert-OH is 1. The highest BCUT2D eigenvalue weighted by Crippen LogP contribution is 2.26. The van der Waals surface area contributed by atoms with Gasteiger partial charge in [-0.1, -0.05) is 22.0 Å². The van der Waals surface area contributed by atoms with Crippen LogP contribution >= 0.6 is 15.9 Å². The van der Waals surface area contributed by atoms with E-state index in [0.29, 0.717) is 13.1 Å². The molecule has 3 N–H and O–H groups in total. The van der Waals surface area contributed by atoms with Crippen molar-refractivity contribution in [2.75, 3.05) is 19.6 Å². The van der Waals surface area contributed by atoms with Crippen LogP contribution in [0, 0.1) is 6.92 Å². The maximum Gasteiger partial charge on any atom is 0.134 e. The van der Waals surface area contributed by atoms with Gasteiger partial charge in [-0.2, -0.15) is 0 Å². The smallest absolute Gasteiger partial charge is 0.134 e. The molecule has 0 fully saturated rings. The van der Waals surface area contributed by atoms with E-state index in [2.05, 4.69) is 39.6 Å². The van der Waals surface area contributed by atoms with E-state index in [1.807, 2.05) is 24.3 Å². The highest BCUT2D eigenvalue weighted by Gasteiger charge is 2.06. The Balaban J connectivity index is 1.80. The second kappa shape index (κ2) is 8.48. The van der Waals surface area contributed by atoms with Crippen molar-refractivity contribution >= 4 is 15.9 Å². The van der Waals surface area contributed by atoms with Crippen LogP contribution < -0.4 is 10.6 Å². The average molecular weight is 367 g/mol. The first-order valence-corrected chi connectivity index (χ1v) is 8.30. The molecule has 2 rings (SSSR count). The molecule has 1 aromatic heterocycles. The Morgan fingerprint density at radius 2 is 1.95 bits per heavy atom. The van der Waals surface area contributed by atoms with Crippen molar-refractivity contribution in [3.8, 4) is 11.3 Å². The second-order valence-corrected chi connectivity index (χ2v) is 6.31. The van der Waals surface area contributed by atoms with Gasteiger partial charge in [-0.15, -0.1) is 0 Å². The SMILES string of the molecule is Cc1cc(-c2ccc(CNCCNCC(C)O)o2)ccc1Br. The van der Waals surface area contributed by atoms with E-state index in [4.69, 9.17) is 9.52 Å². The summed E-state index contributed by atoms with van der Waals surface area (Å²) in [5.74, 6) is 1.81. The third kappa shape index (κ3) is 5.25. The molecular weight excluding hydrogens is 344 g/mol. The Bertz CT molecular complexity index is 596. The van der Waals surface area contributed by atoms with Crippen molar-refractivity contribution in [2.24, 2.45) is 0 Å². The van der Waals surface area contributed by atoms with Crippen molar-refractivity contribution in [2.45, 2.75) is 26.5 Å². The summed E-state index contributed by atoms with van der Waals surface area (Å²) < 4.78 is 6.98. The molecule has 2 aromatic rings. The fourth-order valence-corrected chi connectivity index (χ4v) is 2.37. The van der Waals surface area contributed by atoms with Crippen LogP contribution in [0.25, 0.3) is 11.3 Å². The molecule has 0 aliphatic rings. The monoisotopic (exact) mass is 366 g/mol. The van der Waals surface area contributed by atoms with Gasteiger partial charge in [0.05, 0.1) is 12.6 Å². The van der Waals surface area contributed by atoms with Gasteiger partial charge in [0, 0.05) is 29.7 Å². The largest absolute Gasteiger partial charge is 0.460 e. The Labute approximate surface area is 140 Å². The van der Waals surface area contributed by atoms with Crippen LogP contribution in [0.5, 0.6) is 0 Å². The van der Waals surface area contributed by atoms with Crippen LogP contribution in [0.4, 0.5) is 0 Å². The highest BCUT2D eigenvalue weighted by molar-refractivity contribution is 9.10. The predicted molar refractivity (Wildman–Crippen MR) is 92.8 cm³/mol. The zero-order valence-corrected chi connectivity index (χ0v) is 14.6. The van der Waals surface area contributed by atoms with Gasteiger partial charge in [0.1, 0.15) is 11.5 Å². The Kier molecular flexibility index (Phi) is 6.64. The number of hydrogen-bond donors (Lipinski definition) is 3. The topological polar surface area (TPSA) is 57.4 Å². The van der Waals surface area contributed by atoms with Crippen LogP contribution in [0.15, 0.2) is 39.2 Å². The summed E-state index contributed by atoms with van der Waals surface area (Å²) >= 11 is 3.51. The Hall–Kier alpha value is -1.14. The van der Waals surface area contributed by atoms with E-state index in [0.717, 1.165) is 34.6 Å². The molecule has 22 heavy (non-hydrogen) atoms. The summed E-state index contributed by atoms with van der Waals surface area (Å²) in [7, 11) is 0. The minimum absolute atomic E-state index is 0.304. The summed E-state index contributed by atoms with van der Waals surface area (Å²) in [6.07, 6.45) is -0.304. The molecule has 0 saturated heterocycles. The molecular formula is C17H23BrN2O2. The van der Waals surface area contributed by atoms with Crippen molar-refractivity contribution in [1.29, 1.82) is 0 Å². The van der Waals surface area contributed by atoms with Gasteiger partial charge >= 0.3 is 0 Å². The lowest BCUT2D eigenvalue weighted by molar-refractivity contribution is 0.191. The van der Waals surface area contributed by atoms with Gasteiger partial charge in [-0.05, 0) is 43.7 Å². The first-order valence-electron chi connectivity index (χ1n) is 7.51. The van der Waals surface area contributed by atoms with Crippen molar-refractivity contribution in [3.63, 3.8) is 0 Å². The lowest BCUT2D eigenvalue weighted by Gasteiger charge is -2.07. The molecule has 0 aliphatic heterocycles. The second-order valence-electron chi connectivity index (χ2n) is 5.46. The van der Waals surface area contributed by atoms with Crippen LogP contribution in [-0.4, -0.2) is 30.8 Å². The molecule has 0 bridgehead atoms. The minimum Gasteiger partial charge on any atom is -0.460 e. The highest BCUT2D eigenvalue weighted by atomic mass is 79.9. The molecule has 0 radical (unpaired) electrons. The van der Waals surface area contributed by atoms with Crippen LogP contribution in [-0.2, 0) is 6.54 Å². The standard InChI is InChI=1S/C17H23BrN2O2/c1-12-9-14(3-5-16(12)18)17-6-4-15(22-17)11-20-8-7-19-10-13(2)21/h3-6,9,13,19-21H,7-8,10-11H2,1-2H3. The van der Waals surface area contributed by atoms with Gasteiger partial charge < -0.3 is 20.2 Å². The van der Waals surface area contributed by atoms with E-state index >= 15 is 0 Å². The normalized spacial score (nSPS) is 12.5. The van der Waals surface area contributed by atoms with E-state index in [1.54, 1.807) is 6.92 Å². The summed E-state index contributed by atoms with van der Waals surface area (Å²) in [6, 6.07) is 10.2. The fourth-order valence-electron chi connectivity index (χ4n) is 2.13. The predicted octanol–water partition coefficient (Wildman–Crippen LogP) is 3.08. The molecule has 4 nitrogen and oxygen atoms in total. The number of benzene rings is 1. The van der Waals surface area contributed by atoms with Crippen molar-refractivity contribution in [3.05, 3.63) is 46.1 Å². The van der Waals surface area contributed by atoms with Gasteiger partial charge in [0.25, 0.3) is 0 Å². The number of nitrogens with one attached hydrogen (secondary N) is 2. The fraction of sp³-hybridized carbons (Fsp3) is 0.412. The number of hydrogen-bond acceptors (Lipinski definition) is 4. The van der Waals surface area contributed by atoms with Crippen LogP contribution in [0.2, 0.25) is 0 Å². The maximum absolute atomic E-state index is 9.13.